The van der Waals surface area contributed by atoms with Crippen LogP contribution < -0.4 is 10.1 Å². The Hall–Kier alpha value is -2.21. The molecule has 0 radical (unpaired) electrons. The van der Waals surface area contributed by atoms with E-state index in [9.17, 15) is 9.18 Å². The number of carbonyl (C=O) groups excluding carboxylic acids is 1. The molecule has 1 aromatic heterocycles. The molecular weight excluding hydrogens is 375 g/mol. The second kappa shape index (κ2) is 9.17. The van der Waals surface area contributed by atoms with Crippen LogP contribution in [0.15, 0.2) is 53.5 Å². The van der Waals surface area contributed by atoms with Crippen LogP contribution in [-0.4, -0.2) is 17.5 Å². The van der Waals surface area contributed by atoms with Gasteiger partial charge in [0.2, 0.25) is 5.88 Å². The summed E-state index contributed by atoms with van der Waals surface area (Å²) in [4.78, 5) is 16.3. The van der Waals surface area contributed by atoms with Crippen molar-refractivity contribution in [2.75, 3.05) is 11.9 Å². The monoisotopic (exact) mass is 392 g/mol. The summed E-state index contributed by atoms with van der Waals surface area (Å²) < 4.78 is 19.9. The Morgan fingerprint density at radius 1 is 1.33 bits per heavy atom. The van der Waals surface area contributed by atoms with Crippen molar-refractivity contribution in [2.24, 2.45) is 0 Å². The number of amides is 1. The SMILES string of the molecule is C=CCCCCOc1cccc(NC(=O)c2ccc(Br)cc2F)n1. The molecule has 2 rings (SSSR count). The van der Waals surface area contributed by atoms with E-state index in [0.717, 1.165) is 19.3 Å². The number of aromatic nitrogens is 1. The zero-order valence-corrected chi connectivity index (χ0v) is 14.7. The molecule has 4 nitrogen and oxygen atoms in total. The molecule has 0 spiro atoms. The van der Waals surface area contributed by atoms with Gasteiger partial charge in [-0.2, -0.15) is 4.98 Å². The third kappa shape index (κ3) is 5.45. The number of unbranched alkanes of at least 4 members (excludes halogenated alkanes) is 2. The van der Waals surface area contributed by atoms with Crippen LogP contribution in [0.1, 0.15) is 29.6 Å². The lowest BCUT2D eigenvalue weighted by molar-refractivity contribution is 0.102. The first-order chi connectivity index (χ1) is 11.6. The van der Waals surface area contributed by atoms with E-state index in [1.54, 1.807) is 24.3 Å². The summed E-state index contributed by atoms with van der Waals surface area (Å²) in [5.74, 6) is -0.430. The Morgan fingerprint density at radius 2 is 2.17 bits per heavy atom. The number of nitrogens with one attached hydrogen (secondary N) is 1. The van der Waals surface area contributed by atoms with Crippen LogP contribution in [0.25, 0.3) is 0 Å². The highest BCUT2D eigenvalue weighted by molar-refractivity contribution is 9.10. The van der Waals surface area contributed by atoms with Gasteiger partial charge in [-0.25, -0.2) is 4.39 Å². The minimum Gasteiger partial charge on any atom is -0.478 e. The molecule has 126 valence electrons. The molecule has 1 aromatic carbocycles. The number of anilines is 1. The first-order valence-electron chi connectivity index (χ1n) is 7.57. The normalized spacial score (nSPS) is 10.2. The standard InChI is InChI=1S/C18H18BrFN2O2/c1-2-3-4-5-11-24-17-8-6-7-16(21-17)22-18(23)14-10-9-13(19)12-15(14)20/h2,6-10,12H,1,3-5,11H2,(H,21,22,23). The van der Waals surface area contributed by atoms with Crippen molar-refractivity contribution in [1.82, 2.24) is 4.98 Å². The minimum atomic E-state index is -0.600. The Labute approximate surface area is 148 Å². The zero-order valence-electron chi connectivity index (χ0n) is 13.1. The maximum Gasteiger partial charge on any atom is 0.259 e. The van der Waals surface area contributed by atoms with E-state index in [-0.39, 0.29) is 5.56 Å². The van der Waals surface area contributed by atoms with E-state index in [1.807, 2.05) is 6.08 Å². The van der Waals surface area contributed by atoms with Crippen molar-refractivity contribution in [3.8, 4) is 5.88 Å². The van der Waals surface area contributed by atoms with Crippen molar-refractivity contribution < 1.29 is 13.9 Å². The van der Waals surface area contributed by atoms with Gasteiger partial charge in [-0.1, -0.05) is 28.1 Å². The zero-order chi connectivity index (χ0) is 17.4. The highest BCUT2D eigenvalue weighted by Crippen LogP contribution is 2.17. The average Bonchev–Trinajstić information content (AvgIpc) is 2.55. The number of ether oxygens (including phenoxy) is 1. The van der Waals surface area contributed by atoms with Crippen LogP contribution in [-0.2, 0) is 0 Å². The second-order valence-corrected chi connectivity index (χ2v) is 5.99. The van der Waals surface area contributed by atoms with E-state index in [2.05, 4.69) is 32.8 Å². The summed E-state index contributed by atoms with van der Waals surface area (Å²) in [5.41, 5.74) is -0.0456. The highest BCUT2D eigenvalue weighted by Gasteiger charge is 2.13. The largest absolute Gasteiger partial charge is 0.478 e. The number of allylic oxidation sites excluding steroid dienone is 1. The van der Waals surface area contributed by atoms with Crippen molar-refractivity contribution in [1.29, 1.82) is 0 Å². The summed E-state index contributed by atoms with van der Waals surface area (Å²) in [6.45, 7) is 4.21. The fourth-order valence-corrected chi connectivity index (χ4v) is 2.32. The molecule has 2 aromatic rings. The van der Waals surface area contributed by atoms with Gasteiger partial charge in [-0.15, -0.1) is 6.58 Å². The Balaban J connectivity index is 1.95. The van der Waals surface area contributed by atoms with E-state index >= 15 is 0 Å². The summed E-state index contributed by atoms with van der Waals surface area (Å²) >= 11 is 3.16. The van der Waals surface area contributed by atoms with Crippen molar-refractivity contribution in [3.63, 3.8) is 0 Å². The lowest BCUT2D eigenvalue weighted by Crippen LogP contribution is -2.15. The Bertz CT molecular complexity index is 722. The number of benzene rings is 1. The fourth-order valence-electron chi connectivity index (χ4n) is 1.99. The van der Waals surface area contributed by atoms with Crippen LogP contribution in [0, 0.1) is 5.82 Å². The number of hydrogen-bond donors (Lipinski definition) is 1. The molecule has 0 saturated heterocycles. The van der Waals surface area contributed by atoms with E-state index < -0.39 is 11.7 Å². The Morgan fingerprint density at radius 3 is 2.92 bits per heavy atom. The van der Waals surface area contributed by atoms with Crippen molar-refractivity contribution in [2.45, 2.75) is 19.3 Å². The highest BCUT2D eigenvalue weighted by atomic mass is 79.9. The predicted molar refractivity (Wildman–Crippen MR) is 95.8 cm³/mol. The molecule has 0 fully saturated rings. The third-order valence-corrected chi connectivity index (χ3v) is 3.69. The predicted octanol–water partition coefficient (Wildman–Crippen LogP) is 4.97. The van der Waals surface area contributed by atoms with Crippen LogP contribution in [0.3, 0.4) is 0 Å². The number of hydrogen-bond acceptors (Lipinski definition) is 3. The number of halogens is 2. The average molecular weight is 393 g/mol. The quantitative estimate of drug-likeness (QED) is 0.509. The van der Waals surface area contributed by atoms with Gasteiger partial charge in [0.1, 0.15) is 11.6 Å². The lowest BCUT2D eigenvalue weighted by atomic mass is 10.2. The summed E-state index contributed by atoms with van der Waals surface area (Å²) in [6, 6.07) is 9.32. The molecule has 0 aliphatic heterocycles. The maximum atomic E-state index is 13.8. The van der Waals surface area contributed by atoms with Gasteiger partial charge in [0, 0.05) is 10.5 Å². The summed E-state index contributed by atoms with van der Waals surface area (Å²) in [5, 5.41) is 2.57. The number of pyridine rings is 1. The van der Waals surface area contributed by atoms with Gasteiger partial charge in [0.05, 0.1) is 12.2 Å². The smallest absolute Gasteiger partial charge is 0.259 e. The molecule has 0 unspecified atom stereocenters. The number of nitrogens with zero attached hydrogens (tertiary/aromatic N) is 1. The van der Waals surface area contributed by atoms with Gasteiger partial charge >= 0.3 is 0 Å². The van der Waals surface area contributed by atoms with Crippen LogP contribution >= 0.6 is 15.9 Å². The van der Waals surface area contributed by atoms with Gasteiger partial charge in [0.25, 0.3) is 5.91 Å². The molecule has 0 atom stereocenters. The lowest BCUT2D eigenvalue weighted by Gasteiger charge is -2.08. The van der Waals surface area contributed by atoms with E-state index in [1.165, 1.54) is 12.1 Å². The van der Waals surface area contributed by atoms with E-state index in [0.29, 0.717) is 22.8 Å². The molecule has 0 aliphatic rings. The molecule has 1 heterocycles. The molecule has 0 aliphatic carbocycles. The molecule has 1 N–H and O–H groups in total. The third-order valence-electron chi connectivity index (χ3n) is 3.19. The van der Waals surface area contributed by atoms with Gasteiger partial charge in [0.15, 0.2) is 0 Å². The van der Waals surface area contributed by atoms with Gasteiger partial charge in [-0.3, -0.25) is 4.79 Å². The van der Waals surface area contributed by atoms with Crippen molar-refractivity contribution in [3.05, 3.63) is 64.9 Å². The van der Waals surface area contributed by atoms with Crippen LogP contribution in [0.4, 0.5) is 10.2 Å². The van der Waals surface area contributed by atoms with Crippen molar-refractivity contribution >= 4 is 27.7 Å². The van der Waals surface area contributed by atoms with Crippen LogP contribution in [0.5, 0.6) is 5.88 Å². The summed E-state index contributed by atoms with van der Waals surface area (Å²) in [6.07, 6.45) is 4.72. The fraction of sp³-hybridized carbons (Fsp3) is 0.222. The summed E-state index contributed by atoms with van der Waals surface area (Å²) in [7, 11) is 0. The van der Waals surface area contributed by atoms with Gasteiger partial charge in [-0.05, 0) is 43.5 Å². The molecular formula is C18H18BrFN2O2. The first-order valence-corrected chi connectivity index (χ1v) is 8.36. The number of rotatable bonds is 8. The first kappa shape index (κ1) is 18.1. The maximum absolute atomic E-state index is 13.8. The van der Waals surface area contributed by atoms with Gasteiger partial charge < -0.3 is 10.1 Å². The number of carbonyl (C=O) groups is 1. The molecule has 1 amide bonds. The van der Waals surface area contributed by atoms with E-state index in [4.69, 9.17) is 4.74 Å². The molecule has 0 saturated carbocycles. The second-order valence-electron chi connectivity index (χ2n) is 5.07. The molecule has 0 bridgehead atoms. The van der Waals surface area contributed by atoms with Crippen LogP contribution in [0.2, 0.25) is 0 Å². The topological polar surface area (TPSA) is 51.2 Å². The molecule has 6 heteroatoms. The minimum absolute atomic E-state index is 0.0456. The Kier molecular flexibility index (Phi) is 6.93. The molecule has 24 heavy (non-hydrogen) atoms.